The minimum absolute atomic E-state index is 0.0882. The summed E-state index contributed by atoms with van der Waals surface area (Å²) >= 11 is 0. The SMILES string of the molecule is CC(C)(C)OC(=O)N1CC2CN(c3cc(N)c([N+](=O)[O-])c(-c4ccc5c(c4)ncn5C4CCCCC4)n3)CC2C1. The average molecular weight is 548 g/mol. The maximum absolute atomic E-state index is 12.6. The Labute approximate surface area is 233 Å². The molecule has 11 nitrogen and oxygen atoms in total. The van der Waals surface area contributed by atoms with E-state index in [1.807, 2.05) is 45.3 Å². The molecule has 1 aromatic carbocycles. The van der Waals surface area contributed by atoms with Crippen LogP contribution in [0.15, 0.2) is 30.6 Å². The lowest BCUT2D eigenvalue weighted by Crippen LogP contribution is -2.37. The molecule has 3 fully saturated rings. The highest BCUT2D eigenvalue weighted by Gasteiger charge is 2.43. The van der Waals surface area contributed by atoms with Gasteiger partial charge in [-0.25, -0.2) is 14.8 Å². The highest BCUT2D eigenvalue weighted by atomic mass is 16.6. The summed E-state index contributed by atoms with van der Waals surface area (Å²) in [6.07, 6.45) is 7.62. The van der Waals surface area contributed by atoms with Gasteiger partial charge in [0, 0.05) is 55.7 Å². The number of amides is 1. The predicted molar refractivity (Wildman–Crippen MR) is 153 cm³/mol. The molecule has 3 aromatic rings. The second kappa shape index (κ2) is 9.94. The van der Waals surface area contributed by atoms with Crippen LogP contribution in [0.3, 0.4) is 0 Å². The summed E-state index contributed by atoms with van der Waals surface area (Å²) in [6, 6.07) is 7.80. The van der Waals surface area contributed by atoms with Crippen molar-refractivity contribution in [2.45, 2.75) is 64.5 Å². The van der Waals surface area contributed by atoms with E-state index in [9.17, 15) is 14.9 Å². The quantitative estimate of drug-likeness (QED) is 0.339. The molecule has 2 aliphatic heterocycles. The summed E-state index contributed by atoms with van der Waals surface area (Å²) < 4.78 is 7.80. The van der Waals surface area contributed by atoms with Crippen molar-refractivity contribution in [2.24, 2.45) is 11.8 Å². The predicted octanol–water partition coefficient (Wildman–Crippen LogP) is 5.40. The minimum atomic E-state index is -0.533. The number of carbonyl (C=O) groups excluding carboxylic acids is 1. The van der Waals surface area contributed by atoms with Crippen molar-refractivity contribution >= 4 is 34.3 Å². The molecule has 212 valence electrons. The number of nitrogen functional groups attached to an aromatic ring is 1. The van der Waals surface area contributed by atoms with Crippen molar-refractivity contribution in [3.8, 4) is 11.3 Å². The first kappa shape index (κ1) is 26.3. The Kier molecular flexibility index (Phi) is 6.54. The molecule has 2 unspecified atom stereocenters. The third-order valence-corrected chi connectivity index (χ3v) is 8.47. The molecular weight excluding hydrogens is 510 g/mol. The lowest BCUT2D eigenvalue weighted by Gasteiger charge is -2.26. The number of hydrogen-bond donors (Lipinski definition) is 1. The van der Waals surface area contributed by atoms with Crippen LogP contribution in [0.1, 0.15) is 58.9 Å². The van der Waals surface area contributed by atoms with Crippen LogP contribution in [0.2, 0.25) is 0 Å². The van der Waals surface area contributed by atoms with E-state index in [1.165, 1.54) is 19.3 Å². The second-order valence-electron chi connectivity index (χ2n) is 12.5. The van der Waals surface area contributed by atoms with E-state index in [0.29, 0.717) is 43.6 Å². The zero-order chi connectivity index (χ0) is 28.2. The van der Waals surface area contributed by atoms with Gasteiger partial charge in [0.05, 0.1) is 22.3 Å². The molecule has 2 saturated heterocycles. The van der Waals surface area contributed by atoms with Crippen LogP contribution in [-0.2, 0) is 4.74 Å². The van der Waals surface area contributed by atoms with E-state index in [-0.39, 0.29) is 35.0 Å². The number of anilines is 2. The first-order chi connectivity index (χ1) is 19.1. The van der Waals surface area contributed by atoms with E-state index in [0.717, 1.165) is 23.9 Å². The molecule has 3 aliphatic rings. The van der Waals surface area contributed by atoms with E-state index in [4.69, 9.17) is 15.5 Å². The van der Waals surface area contributed by atoms with Gasteiger partial charge in [-0.3, -0.25) is 10.1 Å². The number of carbonyl (C=O) groups is 1. The Morgan fingerprint density at radius 3 is 2.42 bits per heavy atom. The topological polar surface area (TPSA) is 133 Å². The van der Waals surface area contributed by atoms with Crippen LogP contribution in [0.25, 0.3) is 22.3 Å². The van der Waals surface area contributed by atoms with Crippen LogP contribution in [0.4, 0.5) is 22.0 Å². The highest BCUT2D eigenvalue weighted by Crippen LogP contribution is 2.40. The average Bonchev–Trinajstić information content (AvgIpc) is 3.60. The van der Waals surface area contributed by atoms with Gasteiger partial charge in [-0.1, -0.05) is 25.3 Å². The molecule has 1 aliphatic carbocycles. The van der Waals surface area contributed by atoms with Crippen molar-refractivity contribution in [1.29, 1.82) is 0 Å². The number of nitrogens with two attached hydrogens (primary N) is 1. The summed E-state index contributed by atoms with van der Waals surface area (Å²) in [4.78, 5) is 37.5. The van der Waals surface area contributed by atoms with Crippen LogP contribution >= 0.6 is 0 Å². The van der Waals surface area contributed by atoms with Crippen LogP contribution in [0, 0.1) is 22.0 Å². The Morgan fingerprint density at radius 1 is 1.07 bits per heavy atom. The maximum atomic E-state index is 12.6. The number of nitrogens with zero attached hydrogens (tertiary/aromatic N) is 6. The smallest absolute Gasteiger partial charge is 0.410 e. The van der Waals surface area contributed by atoms with Gasteiger partial charge in [-0.2, -0.15) is 0 Å². The lowest BCUT2D eigenvalue weighted by atomic mass is 9.95. The Hall–Kier alpha value is -3.89. The number of benzene rings is 1. The molecule has 0 spiro atoms. The number of aromatic nitrogens is 3. The standard InChI is InChI=1S/C29H37N7O4/c1-29(2,3)40-28(37)34-15-19-13-33(14-20(19)16-34)25-12-22(30)27(36(38)39)26(32-25)18-9-10-24-23(11-18)31-17-35(24)21-7-5-4-6-8-21/h9-12,17,19-21H,4-8,13-16H2,1-3H3,(H2,30,32). The van der Waals surface area contributed by atoms with E-state index < -0.39 is 10.5 Å². The fourth-order valence-corrected chi connectivity index (χ4v) is 6.58. The monoisotopic (exact) mass is 547 g/mol. The lowest BCUT2D eigenvalue weighted by molar-refractivity contribution is -0.383. The van der Waals surface area contributed by atoms with Crippen molar-refractivity contribution in [1.82, 2.24) is 19.4 Å². The van der Waals surface area contributed by atoms with Crippen molar-refractivity contribution in [3.63, 3.8) is 0 Å². The molecule has 2 atom stereocenters. The number of fused-ring (bicyclic) bond motifs is 2. The Morgan fingerprint density at radius 2 is 1.77 bits per heavy atom. The number of pyridine rings is 1. The molecule has 1 saturated carbocycles. The van der Waals surface area contributed by atoms with Crippen molar-refractivity contribution < 1.29 is 14.5 Å². The summed E-state index contributed by atoms with van der Waals surface area (Å²) in [7, 11) is 0. The van der Waals surface area contributed by atoms with Crippen molar-refractivity contribution in [2.75, 3.05) is 36.8 Å². The van der Waals surface area contributed by atoms with Gasteiger partial charge in [-0.15, -0.1) is 0 Å². The van der Waals surface area contributed by atoms with Crippen molar-refractivity contribution in [3.05, 3.63) is 40.7 Å². The summed E-state index contributed by atoms with van der Waals surface area (Å²) in [5.41, 5.74) is 8.34. The Balaban J connectivity index is 1.26. The first-order valence-electron chi connectivity index (χ1n) is 14.2. The van der Waals surface area contributed by atoms with Gasteiger partial charge in [-0.05, 0) is 45.7 Å². The molecule has 11 heteroatoms. The maximum Gasteiger partial charge on any atom is 0.410 e. The number of rotatable bonds is 4. The molecule has 4 heterocycles. The Bertz CT molecular complexity index is 1440. The molecule has 0 radical (unpaired) electrons. The molecule has 0 bridgehead atoms. The fourth-order valence-electron chi connectivity index (χ4n) is 6.58. The molecule has 1 amide bonds. The number of imidazole rings is 1. The minimum Gasteiger partial charge on any atom is -0.444 e. The van der Waals surface area contributed by atoms with Gasteiger partial charge < -0.3 is 24.8 Å². The normalized spacial score (nSPS) is 21.7. The molecule has 40 heavy (non-hydrogen) atoms. The third-order valence-electron chi connectivity index (χ3n) is 8.47. The molecule has 2 N–H and O–H groups in total. The highest BCUT2D eigenvalue weighted by molar-refractivity contribution is 5.87. The van der Waals surface area contributed by atoms with Gasteiger partial charge >= 0.3 is 11.8 Å². The summed E-state index contributed by atoms with van der Waals surface area (Å²) in [5, 5.41) is 12.1. The van der Waals surface area contributed by atoms with Crippen LogP contribution in [0.5, 0.6) is 0 Å². The van der Waals surface area contributed by atoms with Crippen LogP contribution in [-0.4, -0.2) is 62.2 Å². The van der Waals surface area contributed by atoms with E-state index in [1.54, 1.807) is 11.0 Å². The fraction of sp³-hybridized carbons (Fsp3) is 0.552. The van der Waals surface area contributed by atoms with E-state index >= 15 is 0 Å². The summed E-state index contributed by atoms with van der Waals surface area (Å²) in [5.74, 6) is 1.16. The summed E-state index contributed by atoms with van der Waals surface area (Å²) in [6.45, 7) is 8.22. The second-order valence-corrected chi connectivity index (χ2v) is 12.5. The first-order valence-corrected chi connectivity index (χ1v) is 14.2. The van der Waals surface area contributed by atoms with Gasteiger partial charge in [0.2, 0.25) is 0 Å². The molecule has 6 rings (SSSR count). The zero-order valence-electron chi connectivity index (χ0n) is 23.4. The van der Waals surface area contributed by atoms with Gasteiger partial charge in [0.25, 0.3) is 0 Å². The van der Waals surface area contributed by atoms with Crippen LogP contribution < -0.4 is 10.6 Å². The molecule has 2 aromatic heterocycles. The largest absolute Gasteiger partial charge is 0.444 e. The zero-order valence-corrected chi connectivity index (χ0v) is 23.4. The number of nitro groups is 1. The third kappa shape index (κ3) is 4.93. The molecular formula is C29H37N7O4. The number of hydrogen-bond acceptors (Lipinski definition) is 8. The number of ether oxygens (including phenoxy) is 1. The van der Waals surface area contributed by atoms with Gasteiger partial charge in [0.15, 0.2) is 5.69 Å². The van der Waals surface area contributed by atoms with E-state index in [2.05, 4.69) is 14.5 Å². The van der Waals surface area contributed by atoms with Gasteiger partial charge in [0.1, 0.15) is 17.1 Å². The number of likely N-dealkylation sites (tertiary alicyclic amines) is 1.